The lowest BCUT2D eigenvalue weighted by atomic mass is 10.2. The number of unbranched alkanes of at least 4 members (excludes halogenated alkanes) is 1. The number of amidine groups is 1. The minimum Gasteiger partial charge on any atom is -0.409 e. The molecule has 1 aromatic heterocycles. The van der Waals surface area contributed by atoms with Crippen LogP contribution in [0.2, 0.25) is 0 Å². The van der Waals surface area contributed by atoms with E-state index in [9.17, 15) is 0 Å². The Morgan fingerprint density at radius 3 is 2.72 bits per heavy atom. The van der Waals surface area contributed by atoms with Crippen LogP contribution in [0.3, 0.4) is 0 Å². The number of aryl methyl sites for hydroxylation is 1. The maximum absolute atomic E-state index is 8.74. The van der Waals surface area contributed by atoms with E-state index in [0.29, 0.717) is 5.56 Å². The molecule has 0 bridgehead atoms. The Labute approximate surface area is 108 Å². The van der Waals surface area contributed by atoms with Gasteiger partial charge in [0.15, 0.2) is 5.84 Å². The first-order valence-corrected chi connectivity index (χ1v) is 6.33. The smallest absolute Gasteiger partial charge is 0.170 e. The van der Waals surface area contributed by atoms with Gasteiger partial charge in [-0.15, -0.1) is 0 Å². The second-order valence-electron chi connectivity index (χ2n) is 4.27. The Bertz CT molecular complexity index is 417. The summed E-state index contributed by atoms with van der Waals surface area (Å²) >= 11 is 0. The molecule has 18 heavy (non-hydrogen) atoms. The summed E-state index contributed by atoms with van der Waals surface area (Å²) in [6.07, 6.45) is 2.28. The Balaban J connectivity index is 3.03. The van der Waals surface area contributed by atoms with Crippen molar-refractivity contribution in [2.75, 3.05) is 18.0 Å². The molecule has 0 unspecified atom stereocenters. The first-order chi connectivity index (χ1) is 8.62. The number of hydrogen-bond donors (Lipinski definition) is 2. The van der Waals surface area contributed by atoms with Crippen molar-refractivity contribution in [2.45, 2.75) is 33.6 Å². The van der Waals surface area contributed by atoms with Gasteiger partial charge in [-0.25, -0.2) is 4.98 Å². The Morgan fingerprint density at radius 1 is 1.44 bits per heavy atom. The number of nitrogens with two attached hydrogens (primary N) is 1. The summed E-state index contributed by atoms with van der Waals surface area (Å²) in [4.78, 5) is 6.71. The maximum atomic E-state index is 8.74. The second kappa shape index (κ2) is 6.83. The Hall–Kier alpha value is -1.78. The van der Waals surface area contributed by atoms with Crippen LogP contribution in [-0.2, 0) is 0 Å². The quantitative estimate of drug-likeness (QED) is 0.351. The van der Waals surface area contributed by atoms with Crippen LogP contribution in [0.15, 0.2) is 17.3 Å². The van der Waals surface area contributed by atoms with Crippen LogP contribution in [0.1, 0.15) is 37.9 Å². The normalized spacial score (nSPS) is 11.6. The van der Waals surface area contributed by atoms with E-state index in [2.05, 4.69) is 28.9 Å². The van der Waals surface area contributed by atoms with E-state index in [1.165, 1.54) is 0 Å². The fraction of sp³-hybridized carbons (Fsp3) is 0.538. The average Bonchev–Trinajstić information content (AvgIpc) is 2.38. The molecule has 5 nitrogen and oxygen atoms in total. The molecule has 3 N–H and O–H groups in total. The maximum Gasteiger partial charge on any atom is 0.170 e. The van der Waals surface area contributed by atoms with Gasteiger partial charge in [0, 0.05) is 24.3 Å². The summed E-state index contributed by atoms with van der Waals surface area (Å²) in [7, 11) is 0. The number of aromatic nitrogens is 1. The van der Waals surface area contributed by atoms with Gasteiger partial charge in [0.2, 0.25) is 0 Å². The average molecular weight is 250 g/mol. The van der Waals surface area contributed by atoms with Crippen molar-refractivity contribution in [3.63, 3.8) is 0 Å². The van der Waals surface area contributed by atoms with E-state index in [-0.39, 0.29) is 5.84 Å². The molecule has 0 aliphatic rings. The fourth-order valence-electron chi connectivity index (χ4n) is 1.80. The Kier molecular flexibility index (Phi) is 5.42. The van der Waals surface area contributed by atoms with Gasteiger partial charge >= 0.3 is 0 Å². The molecule has 0 fully saturated rings. The molecule has 0 aromatic carbocycles. The van der Waals surface area contributed by atoms with Crippen molar-refractivity contribution in [3.05, 3.63) is 23.4 Å². The summed E-state index contributed by atoms with van der Waals surface area (Å²) in [6, 6.07) is 3.67. The largest absolute Gasteiger partial charge is 0.409 e. The molecule has 1 aromatic rings. The monoisotopic (exact) mass is 250 g/mol. The highest BCUT2D eigenvalue weighted by Crippen LogP contribution is 2.15. The van der Waals surface area contributed by atoms with Gasteiger partial charge in [-0.2, -0.15) is 0 Å². The van der Waals surface area contributed by atoms with Crippen molar-refractivity contribution in [2.24, 2.45) is 10.9 Å². The van der Waals surface area contributed by atoms with Crippen molar-refractivity contribution < 1.29 is 5.21 Å². The zero-order chi connectivity index (χ0) is 13.5. The first-order valence-electron chi connectivity index (χ1n) is 6.33. The third kappa shape index (κ3) is 3.61. The zero-order valence-corrected chi connectivity index (χ0v) is 11.3. The Morgan fingerprint density at radius 2 is 2.17 bits per heavy atom. The van der Waals surface area contributed by atoms with Gasteiger partial charge in [-0.1, -0.05) is 18.5 Å². The molecule has 0 atom stereocenters. The van der Waals surface area contributed by atoms with E-state index in [0.717, 1.165) is 37.4 Å². The molecule has 0 spiro atoms. The zero-order valence-electron chi connectivity index (χ0n) is 11.3. The van der Waals surface area contributed by atoms with Crippen molar-refractivity contribution in [1.29, 1.82) is 0 Å². The molecular weight excluding hydrogens is 228 g/mol. The predicted molar refractivity (Wildman–Crippen MR) is 74.3 cm³/mol. The molecule has 0 aliphatic heterocycles. The molecule has 0 radical (unpaired) electrons. The van der Waals surface area contributed by atoms with Gasteiger partial charge in [-0.3, -0.25) is 0 Å². The lowest BCUT2D eigenvalue weighted by Crippen LogP contribution is -2.26. The molecule has 1 rings (SSSR count). The molecular formula is C13H22N4O. The first kappa shape index (κ1) is 14.3. The molecule has 0 saturated heterocycles. The van der Waals surface area contributed by atoms with Crippen LogP contribution < -0.4 is 10.6 Å². The second-order valence-corrected chi connectivity index (χ2v) is 4.27. The van der Waals surface area contributed by atoms with Crippen LogP contribution in [0.4, 0.5) is 5.82 Å². The van der Waals surface area contributed by atoms with Gasteiger partial charge < -0.3 is 15.8 Å². The summed E-state index contributed by atoms with van der Waals surface area (Å²) < 4.78 is 0. The van der Waals surface area contributed by atoms with Gasteiger partial charge in [0.25, 0.3) is 0 Å². The minimum absolute atomic E-state index is 0.119. The van der Waals surface area contributed by atoms with Crippen LogP contribution >= 0.6 is 0 Å². The lowest BCUT2D eigenvalue weighted by molar-refractivity contribution is 0.318. The minimum atomic E-state index is 0.119. The lowest BCUT2D eigenvalue weighted by Gasteiger charge is -2.22. The van der Waals surface area contributed by atoms with Gasteiger partial charge in [0.05, 0.1) is 0 Å². The van der Waals surface area contributed by atoms with Crippen molar-refractivity contribution in [1.82, 2.24) is 4.98 Å². The molecule has 100 valence electrons. The molecule has 1 heterocycles. The number of oxime groups is 1. The van der Waals surface area contributed by atoms with Gasteiger partial charge in [0.1, 0.15) is 5.82 Å². The van der Waals surface area contributed by atoms with E-state index in [1.807, 2.05) is 19.1 Å². The third-order valence-corrected chi connectivity index (χ3v) is 2.83. The van der Waals surface area contributed by atoms with Crippen molar-refractivity contribution >= 4 is 11.7 Å². The topological polar surface area (TPSA) is 74.7 Å². The highest BCUT2D eigenvalue weighted by Gasteiger charge is 2.09. The number of nitrogens with zero attached hydrogens (tertiary/aromatic N) is 3. The number of pyridine rings is 1. The summed E-state index contributed by atoms with van der Waals surface area (Å²) in [5.41, 5.74) is 7.20. The summed E-state index contributed by atoms with van der Waals surface area (Å²) in [6.45, 7) is 8.04. The van der Waals surface area contributed by atoms with Crippen LogP contribution in [-0.4, -0.2) is 29.1 Å². The highest BCUT2D eigenvalue weighted by atomic mass is 16.4. The standard InChI is InChI=1S/C13H22N4O/c1-4-6-7-17(5-2)12-9-11(13(14)16-18)8-10(3)15-12/h8-9,18H,4-7H2,1-3H3,(H2,14,16). The van der Waals surface area contributed by atoms with Crippen LogP contribution in [0, 0.1) is 6.92 Å². The van der Waals surface area contributed by atoms with Crippen LogP contribution in [0.25, 0.3) is 0 Å². The molecule has 0 aliphatic carbocycles. The summed E-state index contributed by atoms with van der Waals surface area (Å²) in [5, 5.41) is 11.8. The fourth-order valence-corrected chi connectivity index (χ4v) is 1.80. The number of hydrogen-bond acceptors (Lipinski definition) is 4. The number of rotatable bonds is 6. The van der Waals surface area contributed by atoms with Crippen molar-refractivity contribution in [3.8, 4) is 0 Å². The van der Waals surface area contributed by atoms with Gasteiger partial charge in [-0.05, 0) is 32.4 Å². The van der Waals surface area contributed by atoms with Crippen LogP contribution in [0.5, 0.6) is 0 Å². The van der Waals surface area contributed by atoms with E-state index in [1.54, 1.807) is 0 Å². The summed E-state index contributed by atoms with van der Waals surface area (Å²) in [5.74, 6) is 1.00. The molecule has 5 heteroatoms. The predicted octanol–water partition coefficient (Wildman–Crippen LogP) is 2.11. The SMILES string of the molecule is CCCCN(CC)c1cc(/C(N)=N/O)cc(C)n1. The van der Waals surface area contributed by atoms with E-state index < -0.39 is 0 Å². The molecule has 0 amide bonds. The molecule has 0 saturated carbocycles. The third-order valence-electron chi connectivity index (χ3n) is 2.83. The van der Waals surface area contributed by atoms with E-state index in [4.69, 9.17) is 10.9 Å². The highest BCUT2D eigenvalue weighted by molar-refractivity contribution is 5.97. The number of anilines is 1. The van der Waals surface area contributed by atoms with E-state index >= 15 is 0 Å².